The van der Waals surface area contributed by atoms with E-state index in [4.69, 9.17) is 16.3 Å². The van der Waals surface area contributed by atoms with Crippen molar-refractivity contribution in [3.05, 3.63) is 58.2 Å². The molecule has 3 rings (SSSR count). The first-order valence-corrected chi connectivity index (χ1v) is 6.59. The maximum absolute atomic E-state index is 6.00. The highest BCUT2D eigenvalue weighted by atomic mass is 79.9. The molecule has 1 aromatic heterocycles. The van der Waals surface area contributed by atoms with Crippen LogP contribution in [0.5, 0.6) is 11.5 Å². The second-order valence-corrected chi connectivity index (χ2v) is 5.25. The molecule has 1 heterocycles. The molecule has 3 aromatic rings. The number of halogens is 2. The Labute approximate surface area is 118 Å². The lowest BCUT2D eigenvalue weighted by Crippen LogP contribution is -1.81. The van der Waals surface area contributed by atoms with Crippen LogP contribution in [0, 0.1) is 0 Å². The summed E-state index contributed by atoms with van der Waals surface area (Å²) in [6.45, 7) is 0. The molecule has 0 atom stereocenters. The van der Waals surface area contributed by atoms with E-state index in [2.05, 4.69) is 20.9 Å². The Morgan fingerprint density at radius 2 is 1.83 bits per heavy atom. The first-order valence-electron chi connectivity index (χ1n) is 5.42. The van der Waals surface area contributed by atoms with E-state index in [-0.39, 0.29) is 0 Å². The molecule has 0 saturated heterocycles. The Hall–Kier alpha value is -1.45. The van der Waals surface area contributed by atoms with Crippen molar-refractivity contribution in [1.82, 2.24) is 4.98 Å². The number of hydrogen-bond donors (Lipinski definition) is 1. The van der Waals surface area contributed by atoms with E-state index < -0.39 is 0 Å². The summed E-state index contributed by atoms with van der Waals surface area (Å²) in [5, 5.41) is 1.67. The second-order valence-electron chi connectivity index (χ2n) is 3.90. The minimum Gasteiger partial charge on any atom is -0.455 e. The summed E-state index contributed by atoms with van der Waals surface area (Å²) < 4.78 is 6.86. The second kappa shape index (κ2) is 4.67. The van der Waals surface area contributed by atoms with E-state index in [0.717, 1.165) is 26.9 Å². The van der Waals surface area contributed by atoms with Crippen LogP contribution in [-0.4, -0.2) is 4.98 Å². The normalized spacial score (nSPS) is 10.8. The van der Waals surface area contributed by atoms with Gasteiger partial charge in [0.05, 0.1) is 0 Å². The topological polar surface area (TPSA) is 25.0 Å². The molecule has 1 N–H and O–H groups in total. The van der Waals surface area contributed by atoms with Crippen molar-refractivity contribution in [3.8, 4) is 11.5 Å². The molecule has 90 valence electrons. The summed E-state index contributed by atoms with van der Waals surface area (Å²) in [5.74, 6) is 1.56. The summed E-state index contributed by atoms with van der Waals surface area (Å²) in [6.07, 6.45) is 1.84. The number of aromatic nitrogens is 1. The quantitative estimate of drug-likeness (QED) is 0.673. The predicted molar refractivity (Wildman–Crippen MR) is 77.5 cm³/mol. The third-order valence-corrected chi connectivity index (χ3v) is 3.41. The van der Waals surface area contributed by atoms with Gasteiger partial charge in [-0.1, -0.05) is 27.5 Å². The van der Waals surface area contributed by atoms with Crippen molar-refractivity contribution < 1.29 is 4.74 Å². The average molecular weight is 323 g/mol. The predicted octanol–water partition coefficient (Wildman–Crippen LogP) is 5.38. The third-order valence-electron chi connectivity index (χ3n) is 2.65. The zero-order valence-corrected chi connectivity index (χ0v) is 11.6. The lowest BCUT2D eigenvalue weighted by Gasteiger charge is -2.04. The molecule has 18 heavy (non-hydrogen) atoms. The number of benzene rings is 2. The molecular weight excluding hydrogens is 314 g/mol. The number of hydrogen-bond acceptors (Lipinski definition) is 1. The van der Waals surface area contributed by atoms with Crippen molar-refractivity contribution in [2.45, 2.75) is 0 Å². The maximum Gasteiger partial charge on any atom is 0.152 e. The van der Waals surface area contributed by atoms with Gasteiger partial charge in [-0.2, -0.15) is 0 Å². The Morgan fingerprint density at radius 1 is 1.06 bits per heavy atom. The van der Waals surface area contributed by atoms with Crippen molar-refractivity contribution in [1.29, 1.82) is 0 Å². The molecule has 0 radical (unpaired) electrons. The van der Waals surface area contributed by atoms with Gasteiger partial charge < -0.3 is 9.72 Å². The standard InChI is InChI=1S/C14H9BrClNO/c15-9-1-4-11(5-2-9)18-14-8-17-13-6-3-10(16)7-12(13)14/h1-8,17H. The van der Waals surface area contributed by atoms with Gasteiger partial charge in [-0.05, 0) is 42.5 Å². The maximum atomic E-state index is 6.00. The number of ether oxygens (including phenoxy) is 1. The van der Waals surface area contributed by atoms with Crippen molar-refractivity contribution >= 4 is 38.4 Å². The van der Waals surface area contributed by atoms with Gasteiger partial charge in [-0.15, -0.1) is 0 Å². The van der Waals surface area contributed by atoms with E-state index in [1.54, 1.807) is 0 Å². The monoisotopic (exact) mass is 321 g/mol. The van der Waals surface area contributed by atoms with Crippen LogP contribution in [-0.2, 0) is 0 Å². The SMILES string of the molecule is Clc1ccc2[nH]cc(Oc3ccc(Br)cc3)c2c1. The molecule has 0 aliphatic rings. The highest BCUT2D eigenvalue weighted by Crippen LogP contribution is 2.32. The van der Waals surface area contributed by atoms with Crippen LogP contribution in [0.2, 0.25) is 5.02 Å². The third kappa shape index (κ3) is 2.24. The Kier molecular flexibility index (Phi) is 3.02. The van der Waals surface area contributed by atoms with Gasteiger partial charge >= 0.3 is 0 Å². The summed E-state index contributed by atoms with van der Waals surface area (Å²) in [6, 6.07) is 13.4. The lowest BCUT2D eigenvalue weighted by molar-refractivity contribution is 0.488. The van der Waals surface area contributed by atoms with E-state index in [0.29, 0.717) is 5.02 Å². The summed E-state index contributed by atoms with van der Waals surface area (Å²) >= 11 is 9.39. The van der Waals surface area contributed by atoms with Gasteiger partial charge in [0.15, 0.2) is 5.75 Å². The van der Waals surface area contributed by atoms with Crippen LogP contribution in [0.4, 0.5) is 0 Å². The van der Waals surface area contributed by atoms with Crippen LogP contribution in [0.25, 0.3) is 10.9 Å². The lowest BCUT2D eigenvalue weighted by atomic mass is 10.2. The molecule has 0 saturated carbocycles. The fraction of sp³-hybridized carbons (Fsp3) is 0. The van der Waals surface area contributed by atoms with Crippen LogP contribution in [0.1, 0.15) is 0 Å². The van der Waals surface area contributed by atoms with E-state index in [9.17, 15) is 0 Å². The van der Waals surface area contributed by atoms with Crippen molar-refractivity contribution in [2.75, 3.05) is 0 Å². The number of nitrogens with one attached hydrogen (secondary N) is 1. The highest BCUT2D eigenvalue weighted by molar-refractivity contribution is 9.10. The molecule has 0 aliphatic heterocycles. The van der Waals surface area contributed by atoms with Crippen molar-refractivity contribution in [3.63, 3.8) is 0 Å². The number of H-pyrrole nitrogens is 1. The zero-order chi connectivity index (χ0) is 12.5. The average Bonchev–Trinajstić information content (AvgIpc) is 2.75. The number of fused-ring (bicyclic) bond motifs is 1. The van der Waals surface area contributed by atoms with E-state index in [1.807, 2.05) is 48.7 Å². The largest absolute Gasteiger partial charge is 0.455 e. The van der Waals surface area contributed by atoms with Crippen molar-refractivity contribution in [2.24, 2.45) is 0 Å². The van der Waals surface area contributed by atoms with Gasteiger partial charge in [0, 0.05) is 26.6 Å². The Bertz CT molecular complexity index is 691. The van der Waals surface area contributed by atoms with E-state index >= 15 is 0 Å². The zero-order valence-electron chi connectivity index (χ0n) is 9.28. The fourth-order valence-corrected chi connectivity index (χ4v) is 2.22. The molecule has 0 spiro atoms. The van der Waals surface area contributed by atoms with Crippen LogP contribution in [0.3, 0.4) is 0 Å². The smallest absolute Gasteiger partial charge is 0.152 e. The molecule has 0 aliphatic carbocycles. The molecule has 4 heteroatoms. The first kappa shape index (κ1) is 11.6. The molecular formula is C14H9BrClNO. The summed E-state index contributed by atoms with van der Waals surface area (Å²) in [4.78, 5) is 3.15. The fourth-order valence-electron chi connectivity index (χ4n) is 1.78. The molecule has 0 fully saturated rings. The minimum atomic E-state index is 0.697. The first-order chi connectivity index (χ1) is 8.72. The summed E-state index contributed by atoms with van der Waals surface area (Å²) in [7, 11) is 0. The molecule has 0 unspecified atom stereocenters. The Balaban J connectivity index is 1.99. The van der Waals surface area contributed by atoms with E-state index in [1.165, 1.54) is 0 Å². The minimum absolute atomic E-state index is 0.697. The van der Waals surface area contributed by atoms with Crippen LogP contribution < -0.4 is 4.74 Å². The molecule has 0 bridgehead atoms. The van der Waals surface area contributed by atoms with Crippen LogP contribution >= 0.6 is 27.5 Å². The van der Waals surface area contributed by atoms with Crippen LogP contribution in [0.15, 0.2) is 53.1 Å². The van der Waals surface area contributed by atoms with Gasteiger partial charge in [0.1, 0.15) is 5.75 Å². The van der Waals surface area contributed by atoms with Gasteiger partial charge in [-0.3, -0.25) is 0 Å². The summed E-state index contributed by atoms with van der Waals surface area (Å²) in [5.41, 5.74) is 1.01. The van der Waals surface area contributed by atoms with Gasteiger partial charge in [-0.25, -0.2) is 0 Å². The number of rotatable bonds is 2. The molecule has 2 aromatic carbocycles. The van der Waals surface area contributed by atoms with Gasteiger partial charge in [0.2, 0.25) is 0 Å². The van der Waals surface area contributed by atoms with Gasteiger partial charge in [0.25, 0.3) is 0 Å². The number of aromatic amines is 1. The Morgan fingerprint density at radius 3 is 2.61 bits per heavy atom. The molecule has 0 amide bonds. The molecule has 2 nitrogen and oxygen atoms in total. The highest BCUT2D eigenvalue weighted by Gasteiger charge is 2.06.